The summed E-state index contributed by atoms with van der Waals surface area (Å²) < 4.78 is 156. The lowest BCUT2D eigenvalue weighted by molar-refractivity contribution is 1.07. The molecule has 10 nitrogen and oxygen atoms in total. The van der Waals surface area contributed by atoms with Crippen LogP contribution in [0.2, 0.25) is 0 Å². The van der Waals surface area contributed by atoms with Crippen LogP contribution in [0.1, 0.15) is 21.9 Å². The van der Waals surface area contributed by atoms with Crippen molar-refractivity contribution in [2.45, 2.75) is 0 Å². The first-order valence-corrected chi connectivity index (χ1v) is 32.4. The minimum Gasteiger partial charge on any atom is -0.309 e. The van der Waals surface area contributed by atoms with Crippen LogP contribution in [0.25, 0.3) is 189 Å². The lowest BCUT2D eigenvalue weighted by Gasteiger charge is -2.13. The molecule has 10 heteroatoms. The number of hydrogen-bond acceptors (Lipinski definition) is 6. The Kier molecular flexibility index (Phi) is 9.82. The van der Waals surface area contributed by atoms with Crippen molar-refractivity contribution in [2.24, 2.45) is 0 Å². The van der Waals surface area contributed by atoms with E-state index in [9.17, 15) is 11.0 Å². The van der Waals surface area contributed by atoms with Crippen LogP contribution in [-0.2, 0) is 0 Å². The summed E-state index contributed by atoms with van der Waals surface area (Å²) in [5, 5.41) is 2.38. The van der Waals surface area contributed by atoms with E-state index in [-0.39, 0.29) is 92.0 Å². The number of aromatic nitrogens is 10. The van der Waals surface area contributed by atoms with Crippen molar-refractivity contribution in [3.63, 3.8) is 0 Å². The second kappa shape index (κ2) is 23.0. The van der Waals surface area contributed by atoms with Gasteiger partial charge in [-0.3, -0.25) is 0 Å². The van der Waals surface area contributed by atoms with E-state index in [0.717, 1.165) is 33.4 Å². The maximum atomic E-state index is 9.59. The molecule has 0 aliphatic rings. The minimum absolute atomic E-state index is 0.168. The highest BCUT2D eigenvalue weighted by Crippen LogP contribution is 2.43. The summed E-state index contributed by atoms with van der Waals surface area (Å²) in [6.07, 6.45) is 0. The van der Waals surface area contributed by atoms with Gasteiger partial charge in [0, 0.05) is 99.2 Å². The molecule has 466 valence electrons. The number of hydrogen-bond donors (Lipinski definition) is 0. The Balaban J connectivity index is 0.739. The molecule has 0 bridgehead atoms. The molecule has 6 heterocycles. The first kappa shape index (κ1) is 42.7. The van der Waals surface area contributed by atoms with Gasteiger partial charge in [-0.2, -0.15) is 0 Å². The number of benzene rings is 14. The molecule has 0 spiro atoms. The summed E-state index contributed by atoms with van der Waals surface area (Å²) in [5.41, 5.74) is 10.1. The van der Waals surface area contributed by atoms with Gasteiger partial charge in [0.05, 0.1) is 66.1 Å². The van der Waals surface area contributed by atoms with Crippen LogP contribution in [0, 0.1) is 0 Å². The Hall–Kier alpha value is -13.7. The number of para-hydroxylation sites is 4. The summed E-state index contributed by atoms with van der Waals surface area (Å²) in [5.74, 6) is 2.43. The van der Waals surface area contributed by atoms with Gasteiger partial charge in [-0.1, -0.05) is 242 Å². The lowest BCUT2D eigenvalue weighted by atomic mass is 10.0. The van der Waals surface area contributed by atoms with Gasteiger partial charge >= 0.3 is 0 Å². The molecule has 0 saturated carbocycles. The van der Waals surface area contributed by atoms with Crippen molar-refractivity contribution in [1.82, 2.24) is 48.2 Å². The highest BCUT2D eigenvalue weighted by molar-refractivity contribution is 6.21. The molecule has 0 amide bonds. The van der Waals surface area contributed by atoms with E-state index in [4.69, 9.17) is 40.9 Å². The smallest absolute Gasteiger partial charge is 0.164 e. The van der Waals surface area contributed by atoms with Gasteiger partial charge in [-0.05, 0) is 108 Å². The second-order valence-corrected chi connectivity index (χ2v) is 24.3. The summed E-state index contributed by atoms with van der Waals surface area (Å²) in [7, 11) is 0. The topological polar surface area (TPSA) is 97.1 Å². The van der Waals surface area contributed by atoms with Gasteiger partial charge < -0.3 is 18.3 Å². The summed E-state index contributed by atoms with van der Waals surface area (Å²) in [6.45, 7) is 0. The predicted molar refractivity (Wildman–Crippen MR) is 409 cm³/mol. The standard InChI is InChI=1S/C90H56N10/c1-5-23-59(24-6-1)85-91-86(60-25-7-2-8-26-60)94-89(93-85)63-31-21-33-67(51-63)99-79-41-19-15-37-71(79)75-53-73-69-35-13-17-39-77(69)97(81(73)55-83(75)99)65-47-43-57(44-48-65)58-45-49-66(50-46-58)98-78-40-18-14-36-70(78)74-54-76-72-38-16-20-42-80(72)100(84(76)56-82(74)98)68-34-22-32-64(52-68)90-95-87(61-27-9-3-10-28-61)92-88(96-90)62-29-11-4-12-30-62/h1-56H/i13D,14D,15D,16D,17D,18D,19D,20D,35D,36D,37D,38D,39D,40D,41D,42D. The summed E-state index contributed by atoms with van der Waals surface area (Å²) >= 11 is 0. The molecule has 20 aromatic rings. The van der Waals surface area contributed by atoms with E-state index in [0.29, 0.717) is 112 Å². The Morgan fingerprint density at radius 1 is 0.180 bits per heavy atom. The molecule has 0 saturated heterocycles. The van der Waals surface area contributed by atoms with E-state index in [1.54, 1.807) is 30.4 Å². The number of rotatable bonds is 11. The molecule has 20 rings (SSSR count). The van der Waals surface area contributed by atoms with Crippen LogP contribution in [0.4, 0.5) is 0 Å². The van der Waals surface area contributed by atoms with Crippen molar-refractivity contribution in [2.75, 3.05) is 0 Å². The third-order valence-corrected chi connectivity index (χ3v) is 18.5. The second-order valence-electron chi connectivity index (χ2n) is 24.3. The third-order valence-electron chi connectivity index (χ3n) is 18.5. The van der Waals surface area contributed by atoms with Crippen molar-refractivity contribution in [3.8, 4) is 102 Å². The highest BCUT2D eigenvalue weighted by Gasteiger charge is 2.23. The molecule has 0 unspecified atom stereocenters. The Morgan fingerprint density at radius 2 is 0.430 bits per heavy atom. The van der Waals surface area contributed by atoms with Gasteiger partial charge in [0.1, 0.15) is 0 Å². The Morgan fingerprint density at radius 3 is 0.720 bits per heavy atom. The van der Waals surface area contributed by atoms with Gasteiger partial charge in [-0.15, -0.1) is 0 Å². The Bertz CT molecular complexity index is 7060. The van der Waals surface area contributed by atoms with Crippen LogP contribution in [-0.4, -0.2) is 48.2 Å². The summed E-state index contributed by atoms with van der Waals surface area (Å²) in [4.78, 5) is 29.8. The van der Waals surface area contributed by atoms with E-state index in [1.165, 1.54) is 0 Å². The van der Waals surface area contributed by atoms with Crippen molar-refractivity contribution in [1.29, 1.82) is 0 Å². The van der Waals surface area contributed by atoms with Crippen LogP contribution in [0.5, 0.6) is 0 Å². The molecule has 14 aromatic carbocycles. The summed E-state index contributed by atoms with van der Waals surface area (Å²) in [6, 6.07) is 68.9. The van der Waals surface area contributed by atoms with Crippen molar-refractivity contribution < 1.29 is 21.9 Å². The molecule has 0 aliphatic heterocycles. The maximum absolute atomic E-state index is 9.59. The van der Waals surface area contributed by atoms with Crippen LogP contribution < -0.4 is 0 Å². The van der Waals surface area contributed by atoms with Gasteiger partial charge in [0.2, 0.25) is 0 Å². The minimum atomic E-state index is -0.462. The first-order valence-electron chi connectivity index (χ1n) is 40.4. The zero-order valence-corrected chi connectivity index (χ0v) is 52.6. The predicted octanol–water partition coefficient (Wildman–Crippen LogP) is 22.1. The normalized spacial score (nSPS) is 14.0. The molecule has 0 aliphatic carbocycles. The third kappa shape index (κ3) is 9.34. The molecule has 6 aromatic heterocycles. The average molecular weight is 1290 g/mol. The molecule has 0 fully saturated rings. The zero-order chi connectivity index (χ0) is 79.7. The average Bonchev–Trinajstić information content (AvgIpc) is 1.54. The van der Waals surface area contributed by atoms with Crippen molar-refractivity contribution in [3.05, 3.63) is 339 Å². The fourth-order valence-corrected chi connectivity index (χ4v) is 14.0. The van der Waals surface area contributed by atoms with E-state index >= 15 is 0 Å². The quantitative estimate of drug-likeness (QED) is 0.128. The van der Waals surface area contributed by atoms with E-state index < -0.39 is 48.3 Å². The number of fused-ring (bicyclic) bond motifs is 12. The Labute approximate surface area is 596 Å². The van der Waals surface area contributed by atoms with Crippen LogP contribution >= 0.6 is 0 Å². The van der Waals surface area contributed by atoms with Crippen molar-refractivity contribution >= 4 is 87.2 Å². The number of nitrogens with zero attached hydrogens (tertiary/aromatic N) is 10. The molecular formula is C90H56N10. The zero-order valence-electron chi connectivity index (χ0n) is 68.6. The largest absolute Gasteiger partial charge is 0.309 e. The highest BCUT2D eigenvalue weighted by atomic mass is 15.1. The van der Waals surface area contributed by atoms with Crippen LogP contribution in [0.15, 0.2) is 339 Å². The molecule has 0 radical (unpaired) electrons. The van der Waals surface area contributed by atoms with E-state index in [1.807, 2.05) is 231 Å². The van der Waals surface area contributed by atoms with E-state index in [2.05, 4.69) is 0 Å². The van der Waals surface area contributed by atoms with Gasteiger partial charge in [0.15, 0.2) is 34.9 Å². The maximum Gasteiger partial charge on any atom is 0.164 e. The van der Waals surface area contributed by atoms with Gasteiger partial charge in [-0.25, -0.2) is 29.9 Å². The molecular weight excluding hydrogens is 1220 g/mol. The fourth-order valence-electron chi connectivity index (χ4n) is 14.0. The molecule has 100 heavy (non-hydrogen) atoms. The fraction of sp³-hybridized carbons (Fsp3) is 0. The van der Waals surface area contributed by atoms with Crippen LogP contribution in [0.3, 0.4) is 0 Å². The monoisotopic (exact) mass is 1290 g/mol. The molecule has 0 atom stereocenters. The van der Waals surface area contributed by atoms with Gasteiger partial charge in [0.25, 0.3) is 0 Å². The molecule has 0 N–H and O–H groups in total. The SMILES string of the molecule is [2H]c1c([2H])c([2H])c2c(c1[2H])c1cc3c4c([2H])c([2H])c([2H])c([2H])c4n(-c4cccc(-c5nc(-c6ccccc6)nc(-c6ccccc6)n5)c4)c3cc1n2-c1ccc(-c2ccc(-n3c4cc5c(cc4c4c([2H])c([2H])c([2H])c([2H])c43)c3c([2H])c([2H])c([2H])c([2H])c3n5-c3cccc(-c4nc(-c5ccccc5)nc(-c5ccccc5)n4)c3)cc2)cc1. The lowest BCUT2D eigenvalue weighted by Crippen LogP contribution is -2.01. The first-order chi connectivity index (χ1) is 56.2.